The summed E-state index contributed by atoms with van der Waals surface area (Å²) in [4.78, 5) is 12.4. The summed E-state index contributed by atoms with van der Waals surface area (Å²) < 4.78 is 1.17. The van der Waals surface area contributed by atoms with Crippen LogP contribution in [0.3, 0.4) is 0 Å². The average molecular weight is 269 g/mol. The largest absolute Gasteiger partial charge is 0.294 e. The summed E-state index contributed by atoms with van der Waals surface area (Å²) >= 11 is 9.14. The van der Waals surface area contributed by atoms with Crippen molar-refractivity contribution < 1.29 is 4.79 Å². The molecule has 0 fully saturated rings. The molecule has 0 aliphatic carbocycles. The maximum atomic E-state index is 11.5. The van der Waals surface area contributed by atoms with Crippen LogP contribution in [0, 0.1) is 0 Å². The van der Waals surface area contributed by atoms with Gasteiger partial charge in [0.25, 0.3) is 0 Å². The van der Waals surface area contributed by atoms with E-state index in [1.165, 1.54) is 4.21 Å². The highest BCUT2D eigenvalue weighted by atomic mass is 35.5. The highest BCUT2D eigenvalue weighted by molar-refractivity contribution is 8.01. The normalized spacial score (nSPS) is 10.4. The van der Waals surface area contributed by atoms with E-state index in [-0.39, 0.29) is 5.78 Å². The van der Waals surface area contributed by atoms with E-state index in [1.54, 1.807) is 36.1 Å². The van der Waals surface area contributed by atoms with E-state index < -0.39 is 0 Å². The first-order valence-electron chi connectivity index (χ1n) is 4.68. The Morgan fingerprint density at radius 1 is 1.38 bits per heavy atom. The van der Waals surface area contributed by atoms with Gasteiger partial charge in [0.2, 0.25) is 0 Å². The number of hydrogen-bond donors (Lipinski definition) is 0. The molecule has 1 aromatic carbocycles. The third-order valence-electron chi connectivity index (χ3n) is 2.03. The molecule has 16 heavy (non-hydrogen) atoms. The Morgan fingerprint density at radius 3 is 2.81 bits per heavy atom. The predicted octanol–water partition coefficient (Wildman–Crippen LogP) is 4.76. The first-order valence-corrected chi connectivity index (χ1v) is 6.76. The quantitative estimate of drug-likeness (QED) is 0.747. The monoisotopic (exact) mass is 268 g/mol. The molecule has 82 valence electrons. The highest BCUT2D eigenvalue weighted by Crippen LogP contribution is 2.34. The molecule has 0 amide bonds. The molecule has 0 spiro atoms. The van der Waals surface area contributed by atoms with Crippen LogP contribution in [0.4, 0.5) is 0 Å². The lowest BCUT2D eigenvalue weighted by molar-refractivity contribution is 0.101. The van der Waals surface area contributed by atoms with Crippen molar-refractivity contribution in [1.82, 2.24) is 0 Å². The first-order chi connectivity index (χ1) is 7.66. The van der Waals surface area contributed by atoms with Gasteiger partial charge in [-0.1, -0.05) is 29.4 Å². The molecule has 1 nitrogen and oxygen atoms in total. The molecule has 2 aromatic rings. The van der Waals surface area contributed by atoms with Gasteiger partial charge in [0.05, 0.1) is 4.21 Å². The summed E-state index contributed by atoms with van der Waals surface area (Å²) in [6, 6.07) is 9.46. The van der Waals surface area contributed by atoms with E-state index in [9.17, 15) is 4.79 Å². The number of carbonyl (C=O) groups is 1. The number of thiophene rings is 1. The highest BCUT2D eigenvalue weighted by Gasteiger charge is 2.09. The van der Waals surface area contributed by atoms with Gasteiger partial charge in [0.15, 0.2) is 5.78 Å². The van der Waals surface area contributed by atoms with E-state index in [2.05, 4.69) is 0 Å². The van der Waals surface area contributed by atoms with E-state index in [4.69, 9.17) is 11.6 Å². The predicted molar refractivity (Wildman–Crippen MR) is 69.9 cm³/mol. The van der Waals surface area contributed by atoms with Crippen molar-refractivity contribution in [3.8, 4) is 0 Å². The summed E-state index contributed by atoms with van der Waals surface area (Å²) in [6.07, 6.45) is 0. The van der Waals surface area contributed by atoms with Gasteiger partial charge in [0.1, 0.15) is 0 Å². The van der Waals surface area contributed by atoms with E-state index in [1.807, 2.05) is 29.6 Å². The molecular formula is C12H9ClOS2. The van der Waals surface area contributed by atoms with Crippen molar-refractivity contribution in [2.75, 3.05) is 0 Å². The lowest BCUT2D eigenvalue weighted by Gasteiger charge is -2.05. The zero-order valence-electron chi connectivity index (χ0n) is 8.57. The zero-order chi connectivity index (χ0) is 11.5. The van der Waals surface area contributed by atoms with Gasteiger partial charge in [-0.3, -0.25) is 4.79 Å². The van der Waals surface area contributed by atoms with Crippen LogP contribution < -0.4 is 0 Å². The Hall–Kier alpha value is -0.770. The molecule has 0 atom stereocenters. The third kappa shape index (κ3) is 2.67. The fourth-order valence-electron chi connectivity index (χ4n) is 1.30. The maximum absolute atomic E-state index is 11.5. The average Bonchev–Trinajstić information content (AvgIpc) is 2.73. The molecule has 0 aliphatic rings. The summed E-state index contributed by atoms with van der Waals surface area (Å²) in [5.41, 5.74) is 0.686. The Kier molecular flexibility index (Phi) is 3.69. The van der Waals surface area contributed by atoms with Crippen LogP contribution in [0.15, 0.2) is 44.8 Å². The molecule has 0 N–H and O–H groups in total. The molecule has 0 saturated carbocycles. The van der Waals surface area contributed by atoms with Crippen molar-refractivity contribution in [2.45, 2.75) is 16.0 Å². The van der Waals surface area contributed by atoms with E-state index in [0.717, 1.165) is 4.90 Å². The summed E-state index contributed by atoms with van der Waals surface area (Å²) in [6.45, 7) is 1.56. The van der Waals surface area contributed by atoms with Crippen LogP contribution in [0.2, 0.25) is 5.02 Å². The van der Waals surface area contributed by atoms with Crippen LogP contribution in [0.5, 0.6) is 0 Å². The summed E-state index contributed by atoms with van der Waals surface area (Å²) in [7, 11) is 0. The molecule has 0 unspecified atom stereocenters. The van der Waals surface area contributed by atoms with Crippen molar-refractivity contribution in [2.24, 2.45) is 0 Å². The SMILES string of the molecule is CC(=O)c1cc(Cl)ccc1Sc1cccs1. The molecule has 0 saturated heterocycles. The number of carbonyl (C=O) groups excluding carboxylic acids is 1. The Morgan fingerprint density at radius 2 is 2.19 bits per heavy atom. The minimum atomic E-state index is 0.0431. The number of benzene rings is 1. The minimum Gasteiger partial charge on any atom is -0.294 e. The number of Topliss-reactive ketones (excluding diaryl/α,β-unsaturated/α-hetero) is 1. The summed E-state index contributed by atoms with van der Waals surface area (Å²) in [5, 5.41) is 2.62. The number of hydrogen-bond acceptors (Lipinski definition) is 3. The fraction of sp³-hybridized carbons (Fsp3) is 0.0833. The molecule has 2 rings (SSSR count). The van der Waals surface area contributed by atoms with Crippen LogP contribution >= 0.6 is 34.7 Å². The number of ketones is 1. The number of halogens is 1. The van der Waals surface area contributed by atoms with Gasteiger partial charge >= 0.3 is 0 Å². The van der Waals surface area contributed by atoms with Crippen molar-refractivity contribution in [3.05, 3.63) is 46.3 Å². The molecule has 0 bridgehead atoms. The van der Waals surface area contributed by atoms with E-state index >= 15 is 0 Å². The number of rotatable bonds is 3. The van der Waals surface area contributed by atoms with Crippen LogP contribution in [0.25, 0.3) is 0 Å². The Labute approximate surface area is 107 Å². The van der Waals surface area contributed by atoms with Gasteiger partial charge in [-0.25, -0.2) is 0 Å². The van der Waals surface area contributed by atoms with E-state index in [0.29, 0.717) is 10.6 Å². The molecular weight excluding hydrogens is 260 g/mol. The molecule has 1 heterocycles. The van der Waals surface area contributed by atoms with Crippen molar-refractivity contribution >= 4 is 40.5 Å². The second kappa shape index (κ2) is 5.04. The third-order valence-corrected chi connectivity index (χ3v) is 4.38. The van der Waals surface area contributed by atoms with Gasteiger partial charge < -0.3 is 0 Å². The minimum absolute atomic E-state index is 0.0431. The van der Waals surface area contributed by atoms with Crippen LogP contribution in [-0.2, 0) is 0 Å². The van der Waals surface area contributed by atoms with Crippen molar-refractivity contribution in [1.29, 1.82) is 0 Å². The smallest absolute Gasteiger partial charge is 0.160 e. The molecule has 0 radical (unpaired) electrons. The second-order valence-corrected chi connectivity index (χ2v) is 5.96. The van der Waals surface area contributed by atoms with Gasteiger partial charge in [-0.2, -0.15) is 0 Å². The summed E-state index contributed by atoms with van der Waals surface area (Å²) in [5.74, 6) is 0.0431. The Balaban J connectivity index is 2.36. The topological polar surface area (TPSA) is 17.1 Å². The van der Waals surface area contributed by atoms with Crippen molar-refractivity contribution in [3.63, 3.8) is 0 Å². The lowest BCUT2D eigenvalue weighted by Crippen LogP contribution is -1.94. The Bertz CT molecular complexity index is 506. The second-order valence-electron chi connectivity index (χ2n) is 3.23. The molecule has 1 aromatic heterocycles. The molecule has 0 aliphatic heterocycles. The van der Waals surface area contributed by atoms with Crippen LogP contribution in [0.1, 0.15) is 17.3 Å². The van der Waals surface area contributed by atoms with Gasteiger partial charge in [-0.15, -0.1) is 11.3 Å². The molecule has 4 heteroatoms. The lowest BCUT2D eigenvalue weighted by atomic mass is 10.1. The van der Waals surface area contributed by atoms with Gasteiger partial charge in [-0.05, 0) is 36.6 Å². The first kappa shape index (κ1) is 11.7. The zero-order valence-corrected chi connectivity index (χ0v) is 11.0. The maximum Gasteiger partial charge on any atom is 0.160 e. The standard InChI is InChI=1S/C12H9ClOS2/c1-8(14)10-7-9(13)4-5-11(10)16-12-3-2-6-15-12/h2-7H,1H3. The van der Waals surface area contributed by atoms with Crippen LogP contribution in [-0.4, -0.2) is 5.78 Å². The fourth-order valence-corrected chi connectivity index (χ4v) is 3.36. The van der Waals surface area contributed by atoms with Gasteiger partial charge in [0, 0.05) is 15.5 Å².